The van der Waals surface area contributed by atoms with Gasteiger partial charge in [-0.15, -0.1) is 0 Å². The van der Waals surface area contributed by atoms with E-state index in [1.807, 2.05) is 0 Å². The van der Waals surface area contributed by atoms with Gasteiger partial charge >= 0.3 is 8.80 Å². The molecule has 35 heavy (non-hydrogen) atoms. The van der Waals surface area contributed by atoms with E-state index in [1.165, 1.54) is 12.1 Å². The maximum absolute atomic E-state index is 14.2. The number of carbonyl (C=O) groups excluding carboxylic acids is 2. The lowest BCUT2D eigenvalue weighted by Crippen LogP contribution is -2.42. The number of rotatable bonds is 13. The van der Waals surface area contributed by atoms with Crippen molar-refractivity contribution in [3.05, 3.63) is 96.1 Å². The third kappa shape index (κ3) is 6.04. The van der Waals surface area contributed by atoms with E-state index >= 15 is 0 Å². The summed E-state index contributed by atoms with van der Waals surface area (Å²) >= 11 is 0. The normalized spacial score (nSPS) is 11.7. The van der Waals surface area contributed by atoms with Crippen molar-refractivity contribution in [2.45, 2.75) is 12.5 Å². The summed E-state index contributed by atoms with van der Waals surface area (Å²) in [6, 6.07) is 23.3. The molecule has 7 nitrogen and oxygen atoms in total. The smallest absolute Gasteiger partial charge is 0.494 e. The molecule has 184 valence electrons. The average Bonchev–Trinajstić information content (AvgIpc) is 2.93. The highest BCUT2D eigenvalue weighted by Gasteiger charge is 2.42. The largest absolute Gasteiger partial charge is 0.500 e. The zero-order valence-electron chi connectivity index (χ0n) is 20.0. The summed E-state index contributed by atoms with van der Waals surface area (Å²) in [7, 11) is -2.15. The summed E-state index contributed by atoms with van der Waals surface area (Å²) in [6.45, 7) is 0.383. The van der Waals surface area contributed by atoms with Crippen LogP contribution < -0.4 is 10.0 Å². The van der Waals surface area contributed by atoms with Crippen molar-refractivity contribution in [3.63, 3.8) is 0 Å². The number of hydrogen-bond acceptors (Lipinski definition) is 7. The fraction of sp³-hybridized carbons (Fsp3) is 0.231. The highest BCUT2D eigenvalue weighted by molar-refractivity contribution is 8.01. The fourth-order valence-corrected chi connectivity index (χ4v) is 7.58. The molecule has 0 aliphatic carbocycles. The van der Waals surface area contributed by atoms with E-state index in [9.17, 15) is 14.2 Å². The monoisotopic (exact) mass is 512 g/mol. The van der Waals surface area contributed by atoms with Crippen LogP contribution in [0.1, 0.15) is 27.1 Å². The van der Waals surface area contributed by atoms with E-state index < -0.39 is 27.0 Å². The molecule has 0 unspecified atom stereocenters. The molecule has 0 amide bonds. The van der Waals surface area contributed by atoms with Gasteiger partial charge in [-0.1, -0.05) is 60.7 Å². The minimum atomic E-state index is -4.16. The van der Waals surface area contributed by atoms with Gasteiger partial charge in [-0.25, -0.2) is 0 Å². The van der Waals surface area contributed by atoms with Gasteiger partial charge in [0.2, 0.25) is 18.2 Å². The Kier molecular flexibility index (Phi) is 9.31. The van der Waals surface area contributed by atoms with Crippen molar-refractivity contribution < 1.29 is 32.2 Å². The van der Waals surface area contributed by atoms with Crippen molar-refractivity contribution in [3.8, 4) is 5.75 Å². The second-order valence-corrected chi connectivity index (χ2v) is 13.3. The quantitative estimate of drug-likeness (QED) is 0.181. The molecule has 9 heteroatoms. The summed E-state index contributed by atoms with van der Waals surface area (Å²) in [5, 5.41) is 0.164. The van der Waals surface area contributed by atoms with Crippen molar-refractivity contribution in [2.75, 3.05) is 27.9 Å². The Morgan fingerprint density at radius 2 is 1.17 bits per heavy atom. The van der Waals surface area contributed by atoms with Crippen LogP contribution in [0.2, 0.25) is 6.04 Å². The summed E-state index contributed by atoms with van der Waals surface area (Å²) < 4.78 is 36.2. The predicted molar refractivity (Wildman–Crippen MR) is 137 cm³/mol. The van der Waals surface area contributed by atoms with Crippen LogP contribution in [0.5, 0.6) is 5.75 Å². The Morgan fingerprint density at radius 3 is 1.60 bits per heavy atom. The molecule has 3 aromatic rings. The highest BCUT2D eigenvalue weighted by Crippen LogP contribution is 2.51. The molecule has 0 aliphatic rings. The topological polar surface area (TPSA) is 88.1 Å². The third-order valence-corrected chi connectivity index (χ3v) is 11.2. The van der Waals surface area contributed by atoms with Crippen molar-refractivity contribution in [1.29, 1.82) is 0 Å². The Labute approximate surface area is 206 Å². The zero-order chi connectivity index (χ0) is 25.3. The number of ether oxygens (including phenoxy) is 1. The van der Waals surface area contributed by atoms with Crippen LogP contribution in [0, 0.1) is 0 Å². The molecular formula is C26H29O7PSi. The number of benzene rings is 3. The van der Waals surface area contributed by atoms with Crippen LogP contribution >= 0.6 is 7.14 Å². The molecule has 3 aromatic carbocycles. The van der Waals surface area contributed by atoms with Gasteiger partial charge in [0.1, 0.15) is 5.75 Å². The van der Waals surface area contributed by atoms with E-state index in [4.69, 9.17) is 18.0 Å². The van der Waals surface area contributed by atoms with Crippen LogP contribution in [0.3, 0.4) is 0 Å². The van der Waals surface area contributed by atoms with Crippen LogP contribution in [0.4, 0.5) is 0 Å². The molecule has 0 N–H and O–H groups in total. The first-order valence-corrected chi connectivity index (χ1v) is 14.7. The summed E-state index contributed by atoms with van der Waals surface area (Å²) in [4.78, 5) is 26.8. The summed E-state index contributed by atoms with van der Waals surface area (Å²) in [6.07, 6.45) is 0.640. The maximum Gasteiger partial charge on any atom is 0.500 e. The van der Waals surface area contributed by atoms with E-state index in [0.717, 1.165) is 0 Å². The minimum absolute atomic E-state index is 0.164. The van der Waals surface area contributed by atoms with Crippen molar-refractivity contribution in [1.82, 2.24) is 0 Å². The molecule has 0 aromatic heterocycles. The molecule has 0 saturated carbocycles. The molecule has 3 rings (SSSR count). The lowest BCUT2D eigenvalue weighted by Gasteiger charge is -2.24. The first-order valence-electron chi connectivity index (χ1n) is 11.1. The Hall–Kier alpha value is -2.87. The van der Waals surface area contributed by atoms with E-state index in [-0.39, 0.29) is 16.4 Å². The maximum atomic E-state index is 14.2. The van der Waals surface area contributed by atoms with E-state index in [0.29, 0.717) is 24.8 Å². The third-order valence-electron chi connectivity index (χ3n) is 5.64. The first kappa shape index (κ1) is 26.7. The minimum Gasteiger partial charge on any atom is -0.494 e. The van der Waals surface area contributed by atoms with Crippen molar-refractivity contribution >= 4 is 32.3 Å². The lowest BCUT2D eigenvalue weighted by molar-refractivity contribution is 0.104. The fourth-order valence-electron chi connectivity index (χ4n) is 3.64. The van der Waals surface area contributed by atoms with Gasteiger partial charge in [-0.2, -0.15) is 0 Å². The Morgan fingerprint density at radius 1 is 0.714 bits per heavy atom. The molecule has 0 bridgehead atoms. The summed E-state index contributed by atoms with van der Waals surface area (Å²) in [5.41, 5.74) is -0.939. The van der Waals surface area contributed by atoms with Gasteiger partial charge < -0.3 is 22.6 Å². The molecule has 0 spiro atoms. The van der Waals surface area contributed by atoms with E-state index in [1.54, 1.807) is 94.1 Å². The SMILES string of the molecule is CO[Si](CCCOc1ccc(P(=O)(C(=O)c2ccccc2)C(=O)c2ccccc2)cc1)(OC)OC. The lowest BCUT2D eigenvalue weighted by atomic mass is 10.2. The van der Waals surface area contributed by atoms with Gasteiger partial charge in [0.15, 0.2) is 0 Å². The van der Waals surface area contributed by atoms with Gasteiger partial charge in [-0.3, -0.25) is 9.59 Å². The highest BCUT2D eigenvalue weighted by atomic mass is 31.2. The molecule has 0 heterocycles. The van der Waals surface area contributed by atoms with E-state index in [2.05, 4.69) is 0 Å². The van der Waals surface area contributed by atoms with Crippen LogP contribution in [0.15, 0.2) is 84.9 Å². The molecular weight excluding hydrogens is 483 g/mol. The molecule has 0 saturated heterocycles. The van der Waals surface area contributed by atoms with Gasteiger partial charge in [0, 0.05) is 43.8 Å². The second kappa shape index (κ2) is 12.2. The predicted octanol–water partition coefficient (Wildman–Crippen LogP) is 5.00. The molecule has 0 atom stereocenters. The van der Waals surface area contributed by atoms with Crippen LogP contribution in [0.25, 0.3) is 0 Å². The average molecular weight is 513 g/mol. The van der Waals surface area contributed by atoms with Gasteiger partial charge in [0.05, 0.1) is 6.61 Å². The molecule has 0 fully saturated rings. The van der Waals surface area contributed by atoms with Crippen molar-refractivity contribution in [2.24, 2.45) is 0 Å². The molecule has 0 aliphatic heterocycles. The summed E-state index contributed by atoms with van der Waals surface area (Å²) in [5.74, 6) is 0.527. The first-order chi connectivity index (χ1) is 16.9. The second-order valence-electron chi connectivity index (χ2n) is 7.69. The Balaban J connectivity index is 1.82. The van der Waals surface area contributed by atoms with Gasteiger partial charge in [-0.05, 0) is 30.7 Å². The Bertz CT molecular complexity index is 1100. The number of carbonyl (C=O) groups is 2. The molecule has 0 radical (unpaired) electrons. The van der Waals surface area contributed by atoms with Crippen LogP contribution in [-0.4, -0.2) is 47.8 Å². The van der Waals surface area contributed by atoms with Crippen LogP contribution in [-0.2, 0) is 17.8 Å². The zero-order valence-corrected chi connectivity index (χ0v) is 21.9. The number of hydrogen-bond donors (Lipinski definition) is 0. The standard InChI is InChI=1S/C26H29O7PSi/c1-30-35(31-2,32-3)20-10-19-33-23-15-17-24(18-16-23)34(29,25(27)21-11-6-4-7-12-21)26(28)22-13-8-5-9-14-22/h4-9,11-18H,10,19-20H2,1-3H3. The van der Waals surface area contributed by atoms with Gasteiger partial charge in [0.25, 0.3) is 0 Å².